The molecule has 5 heteroatoms. The lowest BCUT2D eigenvalue weighted by Crippen LogP contribution is -2.36. The van der Waals surface area contributed by atoms with Gasteiger partial charge in [0.2, 0.25) is 5.91 Å². The zero-order chi connectivity index (χ0) is 18.6. The zero-order valence-corrected chi connectivity index (χ0v) is 16.3. The fraction of sp³-hybridized carbons (Fsp3) is 0.318. The van der Waals surface area contributed by atoms with E-state index in [1.54, 1.807) is 23.7 Å². The van der Waals surface area contributed by atoms with Crippen LogP contribution < -0.4 is 0 Å². The van der Waals surface area contributed by atoms with Crippen LogP contribution in [0.25, 0.3) is 21.8 Å². The number of nitrogens with zero attached hydrogens (tertiary/aromatic N) is 3. The highest BCUT2D eigenvalue weighted by Crippen LogP contribution is 2.29. The van der Waals surface area contributed by atoms with Gasteiger partial charge in [0.25, 0.3) is 0 Å². The standard InChI is InChI=1S/C22H23N3OS/c1-2-19-4-3-13-25(19)21(26)14-16-5-7-17(8-6-16)20-15-27-22(24-20)18-9-11-23-12-10-18/h5-12,15,19H,2-4,13-14H2,1H3. The number of aromatic nitrogens is 2. The summed E-state index contributed by atoms with van der Waals surface area (Å²) in [6.07, 6.45) is 7.37. The first-order chi connectivity index (χ1) is 13.2. The Morgan fingerprint density at radius 3 is 2.67 bits per heavy atom. The maximum absolute atomic E-state index is 12.6. The molecule has 3 aromatic rings. The molecule has 138 valence electrons. The molecule has 2 aromatic heterocycles. The van der Waals surface area contributed by atoms with E-state index in [2.05, 4.69) is 46.5 Å². The summed E-state index contributed by atoms with van der Waals surface area (Å²) in [5.41, 5.74) is 4.19. The Balaban J connectivity index is 1.45. The van der Waals surface area contributed by atoms with Gasteiger partial charge in [-0.3, -0.25) is 9.78 Å². The molecule has 4 nitrogen and oxygen atoms in total. The van der Waals surface area contributed by atoms with Crippen LogP contribution in [0.1, 0.15) is 31.7 Å². The summed E-state index contributed by atoms with van der Waals surface area (Å²) in [7, 11) is 0. The lowest BCUT2D eigenvalue weighted by molar-refractivity contribution is -0.131. The monoisotopic (exact) mass is 377 g/mol. The number of carbonyl (C=O) groups is 1. The summed E-state index contributed by atoms with van der Waals surface area (Å²) in [5, 5.41) is 3.07. The number of hydrogen-bond acceptors (Lipinski definition) is 4. The van der Waals surface area contributed by atoms with Crippen molar-refractivity contribution in [2.24, 2.45) is 0 Å². The van der Waals surface area contributed by atoms with Crippen molar-refractivity contribution in [2.75, 3.05) is 6.54 Å². The van der Waals surface area contributed by atoms with Crippen LogP contribution in [0.15, 0.2) is 54.2 Å². The van der Waals surface area contributed by atoms with Crippen LogP contribution in [0.2, 0.25) is 0 Å². The summed E-state index contributed by atoms with van der Waals surface area (Å²) in [4.78, 5) is 23.5. The Morgan fingerprint density at radius 2 is 1.93 bits per heavy atom. The van der Waals surface area contributed by atoms with Gasteiger partial charge in [0.1, 0.15) is 5.01 Å². The number of benzene rings is 1. The fourth-order valence-corrected chi connectivity index (χ4v) is 4.53. The van der Waals surface area contributed by atoms with Crippen molar-refractivity contribution >= 4 is 17.2 Å². The van der Waals surface area contributed by atoms with Crippen molar-refractivity contribution in [1.29, 1.82) is 0 Å². The largest absolute Gasteiger partial charge is 0.339 e. The Labute approximate surface area is 163 Å². The van der Waals surface area contributed by atoms with Crippen molar-refractivity contribution in [3.05, 3.63) is 59.7 Å². The minimum absolute atomic E-state index is 0.251. The molecule has 0 radical (unpaired) electrons. The quantitative estimate of drug-likeness (QED) is 0.641. The summed E-state index contributed by atoms with van der Waals surface area (Å²) in [6, 6.07) is 12.6. The third kappa shape index (κ3) is 3.93. The second-order valence-corrected chi connectivity index (χ2v) is 7.80. The number of thiazole rings is 1. The number of hydrogen-bond donors (Lipinski definition) is 0. The number of amides is 1. The number of carbonyl (C=O) groups excluding carboxylic acids is 1. The zero-order valence-electron chi connectivity index (χ0n) is 15.5. The van der Waals surface area contributed by atoms with Crippen LogP contribution in [0.4, 0.5) is 0 Å². The predicted octanol–water partition coefficient (Wildman–Crippen LogP) is 4.82. The van der Waals surface area contributed by atoms with Gasteiger partial charge in [-0.1, -0.05) is 31.2 Å². The van der Waals surface area contributed by atoms with Gasteiger partial charge in [-0.15, -0.1) is 11.3 Å². The SMILES string of the molecule is CCC1CCCN1C(=O)Cc1ccc(-c2csc(-c3ccncc3)n2)cc1. The highest BCUT2D eigenvalue weighted by Gasteiger charge is 2.26. The average molecular weight is 378 g/mol. The Hall–Kier alpha value is -2.53. The van der Waals surface area contributed by atoms with E-state index in [-0.39, 0.29) is 5.91 Å². The van der Waals surface area contributed by atoms with Crippen LogP contribution in [-0.2, 0) is 11.2 Å². The van der Waals surface area contributed by atoms with Crippen molar-refractivity contribution in [2.45, 2.75) is 38.6 Å². The van der Waals surface area contributed by atoms with Gasteiger partial charge < -0.3 is 4.90 Å². The molecule has 1 aliphatic rings. The second kappa shape index (κ2) is 8.01. The molecule has 0 N–H and O–H groups in total. The third-order valence-corrected chi connectivity index (χ3v) is 6.10. The molecule has 27 heavy (non-hydrogen) atoms. The van der Waals surface area contributed by atoms with Gasteiger partial charge in [0.05, 0.1) is 12.1 Å². The predicted molar refractivity (Wildman–Crippen MR) is 110 cm³/mol. The maximum atomic E-state index is 12.6. The normalized spacial score (nSPS) is 16.6. The van der Waals surface area contributed by atoms with E-state index >= 15 is 0 Å². The van der Waals surface area contributed by atoms with E-state index in [1.807, 2.05) is 12.1 Å². The molecule has 1 aliphatic heterocycles. The van der Waals surface area contributed by atoms with Gasteiger partial charge in [-0.05, 0) is 37.0 Å². The van der Waals surface area contributed by atoms with Crippen LogP contribution in [0.3, 0.4) is 0 Å². The Bertz CT molecular complexity index is 905. The van der Waals surface area contributed by atoms with E-state index in [0.717, 1.165) is 53.2 Å². The van der Waals surface area contributed by atoms with E-state index < -0.39 is 0 Å². The topological polar surface area (TPSA) is 46.1 Å². The summed E-state index contributed by atoms with van der Waals surface area (Å²) in [6.45, 7) is 3.07. The Morgan fingerprint density at radius 1 is 1.15 bits per heavy atom. The van der Waals surface area contributed by atoms with Gasteiger partial charge in [-0.25, -0.2) is 4.98 Å². The van der Waals surface area contributed by atoms with Gasteiger partial charge in [0, 0.05) is 41.5 Å². The first-order valence-corrected chi connectivity index (χ1v) is 10.4. The van der Waals surface area contributed by atoms with Gasteiger partial charge in [-0.2, -0.15) is 0 Å². The highest BCUT2D eigenvalue weighted by molar-refractivity contribution is 7.13. The van der Waals surface area contributed by atoms with E-state index in [1.165, 1.54) is 0 Å². The number of rotatable bonds is 5. The van der Waals surface area contributed by atoms with Crippen LogP contribution >= 0.6 is 11.3 Å². The molecular weight excluding hydrogens is 354 g/mol. The lowest BCUT2D eigenvalue weighted by Gasteiger charge is -2.23. The first kappa shape index (κ1) is 17.9. The number of pyridine rings is 1. The van der Waals surface area contributed by atoms with Crippen molar-refractivity contribution < 1.29 is 4.79 Å². The molecule has 0 spiro atoms. The fourth-order valence-electron chi connectivity index (χ4n) is 3.69. The second-order valence-electron chi connectivity index (χ2n) is 6.94. The van der Waals surface area contributed by atoms with Crippen LogP contribution in [0, 0.1) is 0 Å². The molecule has 1 fully saturated rings. The minimum atomic E-state index is 0.251. The molecule has 0 saturated carbocycles. The van der Waals surface area contributed by atoms with Crippen molar-refractivity contribution in [1.82, 2.24) is 14.9 Å². The smallest absolute Gasteiger partial charge is 0.227 e. The molecule has 1 saturated heterocycles. The molecular formula is C22H23N3OS. The molecule has 3 heterocycles. The van der Waals surface area contributed by atoms with Gasteiger partial charge >= 0.3 is 0 Å². The van der Waals surface area contributed by atoms with E-state index in [0.29, 0.717) is 12.5 Å². The average Bonchev–Trinajstić information content (AvgIpc) is 3.39. The molecule has 0 aliphatic carbocycles. The maximum Gasteiger partial charge on any atom is 0.227 e. The first-order valence-electron chi connectivity index (χ1n) is 9.49. The number of likely N-dealkylation sites (tertiary alicyclic amines) is 1. The summed E-state index contributed by atoms with van der Waals surface area (Å²) < 4.78 is 0. The van der Waals surface area contributed by atoms with E-state index in [9.17, 15) is 4.79 Å². The summed E-state index contributed by atoms with van der Waals surface area (Å²) >= 11 is 1.63. The van der Waals surface area contributed by atoms with Gasteiger partial charge in [0.15, 0.2) is 0 Å². The molecule has 1 aromatic carbocycles. The molecule has 1 amide bonds. The van der Waals surface area contributed by atoms with Crippen LogP contribution in [-0.4, -0.2) is 33.4 Å². The molecule has 0 bridgehead atoms. The third-order valence-electron chi connectivity index (χ3n) is 5.21. The van der Waals surface area contributed by atoms with Crippen molar-refractivity contribution in [3.8, 4) is 21.8 Å². The van der Waals surface area contributed by atoms with Crippen LogP contribution in [0.5, 0.6) is 0 Å². The lowest BCUT2D eigenvalue weighted by atomic mass is 10.1. The Kier molecular flexibility index (Phi) is 5.30. The highest BCUT2D eigenvalue weighted by atomic mass is 32.1. The minimum Gasteiger partial charge on any atom is -0.339 e. The molecule has 4 rings (SSSR count). The molecule has 1 unspecified atom stereocenters. The van der Waals surface area contributed by atoms with Crippen molar-refractivity contribution in [3.63, 3.8) is 0 Å². The van der Waals surface area contributed by atoms with E-state index in [4.69, 9.17) is 4.98 Å². The summed E-state index contributed by atoms with van der Waals surface area (Å²) in [5.74, 6) is 0.251. The molecule has 1 atom stereocenters.